The number of rotatable bonds is 7. The molecular weight excluding hydrogens is 252 g/mol. The van der Waals surface area contributed by atoms with Crippen LogP contribution in [0.3, 0.4) is 0 Å². The molecule has 1 rings (SSSR count). The lowest BCUT2D eigenvalue weighted by Crippen LogP contribution is -2.32. The van der Waals surface area contributed by atoms with E-state index in [4.69, 9.17) is 4.74 Å². The maximum absolute atomic E-state index is 12.0. The highest BCUT2D eigenvalue weighted by Crippen LogP contribution is 2.24. The van der Waals surface area contributed by atoms with Crippen LogP contribution in [0.15, 0.2) is 18.2 Å². The largest absolute Gasteiger partial charge is 0.496 e. The molecule has 0 aliphatic rings. The van der Waals surface area contributed by atoms with Gasteiger partial charge in [-0.15, -0.1) is 0 Å². The second-order valence-electron chi connectivity index (χ2n) is 5.56. The molecule has 1 aromatic rings. The van der Waals surface area contributed by atoms with Gasteiger partial charge in [0, 0.05) is 18.7 Å². The zero-order chi connectivity index (χ0) is 15.1. The van der Waals surface area contributed by atoms with Gasteiger partial charge in [-0.25, -0.2) is 0 Å². The molecular formula is C16H26N2O2. The quantitative estimate of drug-likeness (QED) is 0.830. The third kappa shape index (κ3) is 5.21. The highest BCUT2D eigenvalue weighted by molar-refractivity contribution is 5.79. The normalized spacial score (nSPS) is 10.9. The number of ether oxygens (including phenoxy) is 1. The van der Waals surface area contributed by atoms with Gasteiger partial charge < -0.3 is 15.0 Å². The van der Waals surface area contributed by atoms with E-state index in [-0.39, 0.29) is 5.91 Å². The van der Waals surface area contributed by atoms with E-state index in [0.29, 0.717) is 18.9 Å². The summed E-state index contributed by atoms with van der Waals surface area (Å²) in [4.78, 5) is 14.0. The van der Waals surface area contributed by atoms with Crippen molar-refractivity contribution in [3.63, 3.8) is 0 Å². The molecule has 0 radical (unpaired) electrons. The Morgan fingerprint density at radius 2 is 2.05 bits per heavy atom. The topological polar surface area (TPSA) is 41.6 Å². The third-order valence-corrected chi connectivity index (χ3v) is 3.20. The molecule has 0 fully saturated rings. The summed E-state index contributed by atoms with van der Waals surface area (Å²) in [6, 6.07) is 6.06. The Balaban J connectivity index is 2.69. The van der Waals surface area contributed by atoms with Crippen LogP contribution in [0.25, 0.3) is 0 Å². The van der Waals surface area contributed by atoms with Crippen molar-refractivity contribution in [3.8, 4) is 5.75 Å². The van der Waals surface area contributed by atoms with Gasteiger partial charge in [-0.3, -0.25) is 4.79 Å². The Morgan fingerprint density at radius 3 is 2.60 bits per heavy atom. The van der Waals surface area contributed by atoms with E-state index in [9.17, 15) is 4.79 Å². The van der Waals surface area contributed by atoms with Gasteiger partial charge in [0.15, 0.2) is 0 Å². The molecule has 112 valence electrons. The summed E-state index contributed by atoms with van der Waals surface area (Å²) in [5, 5.41) is 2.93. The van der Waals surface area contributed by atoms with Gasteiger partial charge in [0.2, 0.25) is 5.91 Å². The number of hydrogen-bond acceptors (Lipinski definition) is 3. The number of hydrogen-bond donors (Lipinski definition) is 1. The molecule has 0 saturated heterocycles. The van der Waals surface area contributed by atoms with E-state index in [0.717, 1.165) is 17.9 Å². The molecule has 0 aromatic heterocycles. The highest BCUT2D eigenvalue weighted by atomic mass is 16.5. The highest BCUT2D eigenvalue weighted by Gasteiger charge is 2.11. The molecule has 4 heteroatoms. The number of likely N-dealkylation sites (N-methyl/N-ethyl adjacent to an activating group) is 1. The fourth-order valence-electron chi connectivity index (χ4n) is 1.95. The molecule has 4 nitrogen and oxygen atoms in total. The summed E-state index contributed by atoms with van der Waals surface area (Å²) in [5.41, 5.74) is 2.17. The van der Waals surface area contributed by atoms with E-state index in [1.807, 2.05) is 25.1 Å². The first kappa shape index (κ1) is 16.5. The van der Waals surface area contributed by atoms with Crippen LogP contribution in [-0.4, -0.2) is 45.1 Å². The first-order chi connectivity index (χ1) is 9.43. The minimum Gasteiger partial charge on any atom is -0.496 e. The van der Waals surface area contributed by atoms with Gasteiger partial charge >= 0.3 is 0 Å². The van der Waals surface area contributed by atoms with Gasteiger partial charge in [-0.2, -0.15) is 0 Å². The molecule has 0 atom stereocenters. The Labute approximate surface area is 122 Å². The SMILES string of the molecule is COc1ccc(C(C)C)cc1CC(=O)NCCN(C)C. The van der Waals surface area contributed by atoms with Gasteiger partial charge in [-0.1, -0.05) is 26.0 Å². The standard InChI is InChI=1S/C16H26N2O2/c1-12(2)13-6-7-15(20-5)14(10-13)11-16(19)17-8-9-18(3)4/h6-7,10,12H,8-9,11H2,1-5H3,(H,17,19). The molecule has 0 bridgehead atoms. The van der Waals surface area contributed by atoms with Crippen LogP contribution in [0.2, 0.25) is 0 Å². The Morgan fingerprint density at radius 1 is 1.35 bits per heavy atom. The molecule has 1 N–H and O–H groups in total. The second-order valence-corrected chi connectivity index (χ2v) is 5.56. The number of benzene rings is 1. The van der Waals surface area contributed by atoms with E-state index in [1.165, 1.54) is 5.56 Å². The fourth-order valence-corrected chi connectivity index (χ4v) is 1.95. The third-order valence-electron chi connectivity index (χ3n) is 3.20. The predicted molar refractivity (Wildman–Crippen MR) is 82.4 cm³/mol. The Kier molecular flexibility index (Phi) is 6.52. The van der Waals surface area contributed by atoms with E-state index in [2.05, 4.69) is 31.3 Å². The van der Waals surface area contributed by atoms with Gasteiger partial charge in [0.1, 0.15) is 5.75 Å². The summed E-state index contributed by atoms with van der Waals surface area (Å²) in [6.07, 6.45) is 0.358. The lowest BCUT2D eigenvalue weighted by atomic mass is 9.99. The van der Waals surface area contributed by atoms with Crippen LogP contribution >= 0.6 is 0 Å². The Bertz CT molecular complexity index is 442. The van der Waals surface area contributed by atoms with Crippen LogP contribution < -0.4 is 10.1 Å². The molecule has 0 unspecified atom stereocenters. The van der Waals surface area contributed by atoms with Crippen molar-refractivity contribution in [1.82, 2.24) is 10.2 Å². The summed E-state index contributed by atoms with van der Waals surface area (Å²) in [6.45, 7) is 5.79. The van der Waals surface area contributed by atoms with Gasteiger partial charge in [0.05, 0.1) is 13.5 Å². The number of nitrogens with zero attached hydrogens (tertiary/aromatic N) is 1. The average molecular weight is 278 g/mol. The van der Waals surface area contributed by atoms with Crippen molar-refractivity contribution in [3.05, 3.63) is 29.3 Å². The molecule has 0 aliphatic carbocycles. The molecule has 0 heterocycles. The summed E-state index contributed by atoms with van der Waals surface area (Å²) in [7, 11) is 5.61. The summed E-state index contributed by atoms with van der Waals surface area (Å²) < 4.78 is 5.34. The molecule has 0 spiro atoms. The molecule has 20 heavy (non-hydrogen) atoms. The van der Waals surface area contributed by atoms with Crippen LogP contribution in [0.1, 0.15) is 30.9 Å². The monoisotopic (exact) mass is 278 g/mol. The van der Waals surface area contributed by atoms with Crippen LogP contribution in [0, 0.1) is 0 Å². The summed E-state index contributed by atoms with van der Waals surface area (Å²) in [5.74, 6) is 1.25. The fraction of sp³-hybridized carbons (Fsp3) is 0.562. The van der Waals surface area contributed by atoms with Crippen molar-refractivity contribution in [2.24, 2.45) is 0 Å². The maximum Gasteiger partial charge on any atom is 0.224 e. The minimum atomic E-state index is 0.0334. The number of amides is 1. The lowest BCUT2D eigenvalue weighted by molar-refractivity contribution is -0.120. The van der Waals surface area contributed by atoms with Crippen LogP contribution in [-0.2, 0) is 11.2 Å². The minimum absolute atomic E-state index is 0.0334. The maximum atomic E-state index is 12.0. The first-order valence-electron chi connectivity index (χ1n) is 7.02. The first-order valence-corrected chi connectivity index (χ1v) is 7.02. The molecule has 0 aliphatic heterocycles. The Hall–Kier alpha value is -1.55. The zero-order valence-electron chi connectivity index (χ0n) is 13.2. The van der Waals surface area contributed by atoms with E-state index < -0.39 is 0 Å². The number of carbonyl (C=O) groups excluding carboxylic acids is 1. The van der Waals surface area contributed by atoms with E-state index >= 15 is 0 Å². The van der Waals surface area contributed by atoms with Crippen LogP contribution in [0.5, 0.6) is 5.75 Å². The molecule has 1 aromatic carbocycles. The van der Waals surface area contributed by atoms with Gasteiger partial charge in [-0.05, 0) is 31.6 Å². The van der Waals surface area contributed by atoms with Gasteiger partial charge in [0.25, 0.3) is 0 Å². The van der Waals surface area contributed by atoms with Crippen molar-refractivity contribution in [2.45, 2.75) is 26.2 Å². The van der Waals surface area contributed by atoms with Crippen molar-refractivity contribution < 1.29 is 9.53 Å². The predicted octanol–water partition coefficient (Wildman–Crippen LogP) is 2.04. The number of nitrogens with one attached hydrogen (secondary N) is 1. The zero-order valence-corrected chi connectivity index (χ0v) is 13.2. The van der Waals surface area contributed by atoms with Crippen molar-refractivity contribution in [1.29, 1.82) is 0 Å². The van der Waals surface area contributed by atoms with Crippen molar-refractivity contribution in [2.75, 3.05) is 34.3 Å². The van der Waals surface area contributed by atoms with Crippen LogP contribution in [0.4, 0.5) is 0 Å². The van der Waals surface area contributed by atoms with E-state index in [1.54, 1.807) is 7.11 Å². The lowest BCUT2D eigenvalue weighted by Gasteiger charge is -2.14. The smallest absolute Gasteiger partial charge is 0.224 e. The summed E-state index contributed by atoms with van der Waals surface area (Å²) >= 11 is 0. The molecule has 0 saturated carbocycles. The average Bonchev–Trinajstić information content (AvgIpc) is 2.38. The number of methoxy groups -OCH3 is 1. The van der Waals surface area contributed by atoms with Crippen molar-refractivity contribution >= 4 is 5.91 Å². The molecule has 1 amide bonds. The number of carbonyl (C=O) groups is 1. The second kappa shape index (κ2) is 7.90.